The Hall–Kier alpha value is -1.43. The highest BCUT2D eigenvalue weighted by Gasteiger charge is 2.52. The Labute approximate surface area is 219 Å². The number of carbonyl (C=O) groups is 1. The van der Waals surface area contributed by atoms with Crippen LogP contribution in [0.3, 0.4) is 0 Å². The van der Waals surface area contributed by atoms with Crippen LogP contribution in [0.5, 0.6) is 0 Å². The molecule has 0 aliphatic heterocycles. The van der Waals surface area contributed by atoms with Gasteiger partial charge in [0.2, 0.25) is 5.91 Å². The average Bonchev–Trinajstić information content (AvgIpc) is 3.15. The number of aliphatic hydroxyl groups excluding tert-OH is 2. The van der Waals surface area contributed by atoms with Crippen molar-refractivity contribution in [3.05, 3.63) is 35.5 Å². The van der Waals surface area contributed by atoms with Crippen LogP contribution in [0, 0.1) is 23.2 Å². The van der Waals surface area contributed by atoms with Gasteiger partial charge in [0.1, 0.15) is 0 Å². The zero-order valence-electron chi connectivity index (χ0n) is 23.8. The van der Waals surface area contributed by atoms with Crippen LogP contribution in [0.1, 0.15) is 92.9 Å². The number of hydrogen-bond donors (Lipinski definition) is 2. The number of aliphatic hydroxyl groups is 2. The van der Waals surface area contributed by atoms with Crippen molar-refractivity contribution in [2.45, 2.75) is 123 Å². The summed E-state index contributed by atoms with van der Waals surface area (Å²) in [6.45, 7) is 17.2. The van der Waals surface area contributed by atoms with Crippen molar-refractivity contribution in [3.63, 3.8) is 0 Å². The average molecular weight is 502 g/mol. The lowest BCUT2D eigenvalue weighted by molar-refractivity contribution is -0.139. The molecule has 0 heterocycles. The maximum absolute atomic E-state index is 13.2. The minimum Gasteiger partial charge on any atom is -0.393 e. The first-order valence-electron chi connectivity index (χ1n) is 14.2. The Morgan fingerprint density at radius 1 is 1.17 bits per heavy atom. The molecule has 204 valence electrons. The van der Waals surface area contributed by atoms with Crippen LogP contribution in [-0.2, 0) is 9.53 Å². The van der Waals surface area contributed by atoms with Gasteiger partial charge in [0, 0.05) is 25.6 Å². The van der Waals surface area contributed by atoms with Crippen molar-refractivity contribution in [1.29, 1.82) is 0 Å². The highest BCUT2D eigenvalue weighted by Crippen LogP contribution is 2.60. The third-order valence-electron chi connectivity index (χ3n) is 9.60. The molecule has 1 amide bonds. The third-order valence-corrected chi connectivity index (χ3v) is 9.60. The molecule has 0 radical (unpaired) electrons. The fourth-order valence-corrected chi connectivity index (χ4v) is 7.80. The Morgan fingerprint density at radius 3 is 2.44 bits per heavy atom. The molecule has 1 unspecified atom stereocenters. The van der Waals surface area contributed by atoms with Gasteiger partial charge in [-0.1, -0.05) is 38.2 Å². The van der Waals surface area contributed by atoms with Gasteiger partial charge in [-0.2, -0.15) is 0 Å². The van der Waals surface area contributed by atoms with E-state index in [2.05, 4.69) is 60.3 Å². The summed E-state index contributed by atoms with van der Waals surface area (Å²) in [5.41, 5.74) is 3.41. The maximum atomic E-state index is 13.2. The minimum atomic E-state index is -0.650. The molecule has 0 aromatic rings. The molecular weight excluding hydrogens is 450 g/mol. The molecule has 0 saturated heterocycles. The summed E-state index contributed by atoms with van der Waals surface area (Å²) in [6.07, 6.45) is 10.3. The fourth-order valence-electron chi connectivity index (χ4n) is 7.80. The summed E-state index contributed by atoms with van der Waals surface area (Å²) in [7, 11) is 1.76. The van der Waals surface area contributed by atoms with E-state index >= 15 is 0 Å². The summed E-state index contributed by atoms with van der Waals surface area (Å²) >= 11 is 0. The maximum Gasteiger partial charge on any atom is 0.225 e. The number of hydrogen-bond acceptors (Lipinski definition) is 4. The summed E-state index contributed by atoms with van der Waals surface area (Å²) in [4.78, 5) is 15.2. The largest absolute Gasteiger partial charge is 0.393 e. The first-order valence-corrected chi connectivity index (χ1v) is 14.2. The van der Waals surface area contributed by atoms with Crippen LogP contribution in [0.2, 0.25) is 0 Å². The zero-order chi connectivity index (χ0) is 26.8. The number of amides is 1. The first-order chi connectivity index (χ1) is 16.9. The number of rotatable bonds is 8. The molecule has 0 aromatic carbocycles. The number of methoxy groups -OCH3 is 1. The van der Waals surface area contributed by atoms with Crippen molar-refractivity contribution < 1.29 is 19.7 Å². The molecule has 3 saturated carbocycles. The monoisotopic (exact) mass is 501 g/mol. The molecular formula is C31H51NO4. The van der Waals surface area contributed by atoms with Gasteiger partial charge in [0.05, 0.1) is 24.7 Å². The molecule has 3 rings (SSSR count). The minimum absolute atomic E-state index is 0.0805. The number of carbonyl (C=O) groups excluding carboxylic acids is 1. The molecule has 0 bridgehead atoms. The van der Waals surface area contributed by atoms with E-state index in [0.717, 1.165) is 24.0 Å². The lowest BCUT2D eigenvalue weighted by Crippen LogP contribution is -2.45. The van der Waals surface area contributed by atoms with Gasteiger partial charge in [0.15, 0.2) is 0 Å². The van der Waals surface area contributed by atoms with E-state index in [1.54, 1.807) is 7.11 Å². The molecule has 3 aliphatic carbocycles. The van der Waals surface area contributed by atoms with Gasteiger partial charge in [-0.25, -0.2) is 0 Å². The summed E-state index contributed by atoms with van der Waals surface area (Å²) < 4.78 is 5.99. The van der Waals surface area contributed by atoms with Crippen LogP contribution in [0.15, 0.2) is 35.5 Å². The van der Waals surface area contributed by atoms with E-state index in [4.69, 9.17) is 4.74 Å². The van der Waals surface area contributed by atoms with Crippen molar-refractivity contribution in [3.8, 4) is 0 Å². The second-order valence-corrected chi connectivity index (χ2v) is 12.5. The molecule has 2 N–H and O–H groups in total. The van der Waals surface area contributed by atoms with Crippen LogP contribution in [0.25, 0.3) is 0 Å². The number of nitrogens with zero attached hydrogens (tertiary/aromatic N) is 1. The lowest BCUT2D eigenvalue weighted by atomic mass is 9.60. The van der Waals surface area contributed by atoms with E-state index in [1.807, 2.05) is 4.90 Å². The van der Waals surface area contributed by atoms with E-state index in [9.17, 15) is 15.0 Å². The van der Waals surface area contributed by atoms with Crippen molar-refractivity contribution >= 4 is 5.91 Å². The van der Waals surface area contributed by atoms with E-state index in [1.165, 1.54) is 24.8 Å². The summed E-state index contributed by atoms with van der Waals surface area (Å²) in [5.74, 6) is 1.53. The molecule has 3 fully saturated rings. The van der Waals surface area contributed by atoms with Crippen LogP contribution in [-0.4, -0.2) is 58.5 Å². The molecule has 7 atom stereocenters. The number of fused-ring (bicyclic) bond motifs is 1. The van der Waals surface area contributed by atoms with E-state index in [-0.39, 0.29) is 29.5 Å². The van der Waals surface area contributed by atoms with Gasteiger partial charge in [-0.15, -0.1) is 0 Å². The SMILES string of the molecule is C=C1C(=CC=C2CCC[C@]3(C)[C@@H]([C@H](C)C(CC(=O)N(C(C)C)C(C)C)OC)CC[C@@H]23)C[C@H](O)C[C@H]1O. The second kappa shape index (κ2) is 12.0. The number of ether oxygens (including phenoxy) is 1. The predicted molar refractivity (Wildman–Crippen MR) is 146 cm³/mol. The van der Waals surface area contributed by atoms with Gasteiger partial charge in [-0.3, -0.25) is 4.79 Å². The van der Waals surface area contributed by atoms with Gasteiger partial charge in [0.25, 0.3) is 0 Å². The standard InChI is InChI=1S/C31H51NO4/c1-19(2)32(20(3)4)30(35)18-29(36-8)22(6)26-13-14-27-23(10-9-15-31(26,27)7)11-12-24-16-25(33)17-28(34)21(24)5/h11-12,19-20,22,25-29,33-34H,5,9-10,13-18H2,1-4,6-8H3/t22-,25-,26+,27-,28+,29?,31+/m0/s1. The van der Waals surface area contributed by atoms with Gasteiger partial charge in [-0.05, 0) is 101 Å². The van der Waals surface area contributed by atoms with E-state index in [0.29, 0.717) is 37.0 Å². The topological polar surface area (TPSA) is 70.0 Å². The molecule has 3 aliphatic rings. The first kappa shape index (κ1) is 29.1. The van der Waals surface area contributed by atoms with Crippen LogP contribution >= 0.6 is 0 Å². The highest BCUT2D eigenvalue weighted by atomic mass is 16.5. The Kier molecular flexibility index (Phi) is 9.68. The zero-order valence-corrected chi connectivity index (χ0v) is 23.8. The summed E-state index contributed by atoms with van der Waals surface area (Å²) in [6, 6.07) is 0.364. The quantitative estimate of drug-likeness (QED) is 0.440. The fraction of sp³-hybridized carbons (Fsp3) is 0.774. The van der Waals surface area contributed by atoms with Gasteiger partial charge < -0.3 is 19.8 Å². The van der Waals surface area contributed by atoms with Crippen LogP contribution < -0.4 is 0 Å². The van der Waals surface area contributed by atoms with Crippen LogP contribution in [0.4, 0.5) is 0 Å². The van der Waals surface area contributed by atoms with E-state index < -0.39 is 12.2 Å². The third kappa shape index (κ3) is 6.00. The molecule has 5 heteroatoms. The highest BCUT2D eigenvalue weighted by molar-refractivity contribution is 5.77. The van der Waals surface area contributed by atoms with Crippen molar-refractivity contribution in [1.82, 2.24) is 4.90 Å². The Balaban J connectivity index is 1.77. The normalized spacial score (nSPS) is 34.9. The van der Waals surface area contributed by atoms with Crippen molar-refractivity contribution in [2.24, 2.45) is 23.2 Å². The lowest BCUT2D eigenvalue weighted by Gasteiger charge is -2.45. The van der Waals surface area contributed by atoms with Gasteiger partial charge >= 0.3 is 0 Å². The molecule has 5 nitrogen and oxygen atoms in total. The Bertz CT molecular complexity index is 851. The predicted octanol–water partition coefficient (Wildman–Crippen LogP) is 5.81. The Morgan fingerprint density at radius 2 is 1.83 bits per heavy atom. The molecule has 36 heavy (non-hydrogen) atoms. The number of allylic oxidation sites excluding steroid dienone is 3. The molecule has 0 spiro atoms. The summed E-state index contributed by atoms with van der Waals surface area (Å²) in [5, 5.41) is 20.3. The molecule has 0 aromatic heterocycles. The van der Waals surface area contributed by atoms with Crippen molar-refractivity contribution in [2.75, 3.05) is 7.11 Å². The smallest absolute Gasteiger partial charge is 0.225 e. The second-order valence-electron chi connectivity index (χ2n) is 12.5.